The molecule has 0 fully saturated rings. The summed E-state index contributed by atoms with van der Waals surface area (Å²) in [5.74, 6) is 0.527. The van der Waals surface area contributed by atoms with Crippen LogP contribution in [0.15, 0.2) is 36.4 Å². The van der Waals surface area contributed by atoms with Crippen LogP contribution in [0, 0.1) is 5.92 Å². The number of amides is 1. The minimum atomic E-state index is 0.0917. The Morgan fingerprint density at radius 2 is 2.28 bits per heavy atom. The van der Waals surface area contributed by atoms with Crippen LogP contribution in [0.5, 0.6) is 0 Å². The molecule has 3 heteroatoms. The van der Waals surface area contributed by atoms with Crippen molar-refractivity contribution in [3.8, 4) is 0 Å². The molecule has 0 saturated heterocycles. The monoisotopic (exact) mass is 244 g/mol. The molecule has 1 aliphatic heterocycles. The first-order chi connectivity index (χ1) is 8.63. The van der Waals surface area contributed by atoms with Crippen molar-refractivity contribution in [2.75, 3.05) is 6.54 Å². The van der Waals surface area contributed by atoms with E-state index in [1.165, 1.54) is 0 Å². The fourth-order valence-electron chi connectivity index (χ4n) is 2.34. The van der Waals surface area contributed by atoms with Gasteiger partial charge in [0.2, 0.25) is 0 Å². The molecule has 2 rings (SSSR count). The maximum absolute atomic E-state index is 12.5. The van der Waals surface area contributed by atoms with Gasteiger partial charge in [-0.1, -0.05) is 38.1 Å². The van der Waals surface area contributed by atoms with Gasteiger partial charge < -0.3 is 10.6 Å². The summed E-state index contributed by atoms with van der Waals surface area (Å²) in [6.45, 7) is 5.44. The number of rotatable bonds is 3. The summed E-state index contributed by atoms with van der Waals surface area (Å²) in [7, 11) is 0. The number of nitrogens with two attached hydrogens (primary N) is 1. The Balaban J connectivity index is 2.20. The first-order valence-electron chi connectivity index (χ1n) is 6.40. The van der Waals surface area contributed by atoms with Crippen LogP contribution in [0.1, 0.15) is 29.8 Å². The van der Waals surface area contributed by atoms with Crippen molar-refractivity contribution in [3.63, 3.8) is 0 Å². The Kier molecular flexibility index (Phi) is 3.82. The Labute approximate surface area is 108 Å². The van der Waals surface area contributed by atoms with E-state index in [1.807, 2.05) is 29.2 Å². The molecule has 0 unspecified atom stereocenters. The molecule has 3 nitrogen and oxygen atoms in total. The zero-order chi connectivity index (χ0) is 13.1. The average molecular weight is 244 g/mol. The molecule has 1 amide bonds. The molecule has 0 saturated carbocycles. The standard InChI is InChI=1S/C15H20N2O/c1-11(2)14-7-4-8-17(14)15(18)13-6-3-5-12(9-13)10-16/h3-7,9,11,14H,8,10,16H2,1-2H3/t14-/m1/s1. The van der Waals surface area contributed by atoms with Gasteiger partial charge in [0.05, 0.1) is 6.04 Å². The summed E-state index contributed by atoms with van der Waals surface area (Å²) in [4.78, 5) is 14.4. The average Bonchev–Trinajstić information content (AvgIpc) is 2.87. The van der Waals surface area contributed by atoms with Crippen molar-refractivity contribution in [1.29, 1.82) is 0 Å². The lowest BCUT2D eigenvalue weighted by molar-refractivity contribution is 0.0720. The fourth-order valence-corrected chi connectivity index (χ4v) is 2.34. The van der Waals surface area contributed by atoms with Crippen LogP contribution in [0.4, 0.5) is 0 Å². The Bertz CT molecular complexity index is 465. The molecule has 0 radical (unpaired) electrons. The molecule has 2 N–H and O–H groups in total. The largest absolute Gasteiger partial charge is 0.328 e. The third-order valence-electron chi connectivity index (χ3n) is 3.35. The van der Waals surface area contributed by atoms with E-state index in [1.54, 1.807) is 0 Å². The fraction of sp³-hybridized carbons (Fsp3) is 0.400. The van der Waals surface area contributed by atoms with Gasteiger partial charge in [-0.25, -0.2) is 0 Å². The van der Waals surface area contributed by atoms with E-state index < -0.39 is 0 Å². The Morgan fingerprint density at radius 3 is 2.94 bits per heavy atom. The summed E-state index contributed by atoms with van der Waals surface area (Å²) in [6.07, 6.45) is 4.19. The molecule has 0 spiro atoms. The summed E-state index contributed by atoms with van der Waals surface area (Å²) < 4.78 is 0. The molecule has 18 heavy (non-hydrogen) atoms. The third-order valence-corrected chi connectivity index (χ3v) is 3.35. The molecule has 1 aliphatic rings. The lowest BCUT2D eigenvalue weighted by atomic mass is 10.0. The number of hydrogen-bond acceptors (Lipinski definition) is 2. The summed E-state index contributed by atoms with van der Waals surface area (Å²) in [5, 5.41) is 0. The topological polar surface area (TPSA) is 46.3 Å². The number of benzene rings is 1. The second kappa shape index (κ2) is 5.36. The van der Waals surface area contributed by atoms with Crippen LogP contribution in [0.25, 0.3) is 0 Å². The molecular formula is C15H20N2O. The summed E-state index contributed by atoms with van der Waals surface area (Å²) in [6, 6.07) is 7.79. The normalized spacial score (nSPS) is 18.7. The van der Waals surface area contributed by atoms with Gasteiger partial charge in [0.15, 0.2) is 0 Å². The summed E-state index contributed by atoms with van der Waals surface area (Å²) in [5.41, 5.74) is 7.33. The Morgan fingerprint density at radius 1 is 1.50 bits per heavy atom. The van der Waals surface area contributed by atoms with Crippen LogP contribution in [-0.2, 0) is 6.54 Å². The second-order valence-electron chi connectivity index (χ2n) is 5.02. The van der Waals surface area contributed by atoms with Gasteiger partial charge in [-0.05, 0) is 23.6 Å². The van der Waals surface area contributed by atoms with Crippen molar-refractivity contribution in [2.24, 2.45) is 11.7 Å². The van der Waals surface area contributed by atoms with Crippen molar-refractivity contribution in [2.45, 2.75) is 26.4 Å². The van der Waals surface area contributed by atoms with Crippen LogP contribution in [0.2, 0.25) is 0 Å². The number of carbonyl (C=O) groups excluding carboxylic acids is 1. The predicted octanol–water partition coefficient (Wildman–Crippen LogP) is 2.18. The number of nitrogens with zero attached hydrogens (tertiary/aromatic N) is 1. The molecule has 0 bridgehead atoms. The molecule has 1 atom stereocenters. The van der Waals surface area contributed by atoms with Crippen molar-refractivity contribution >= 4 is 5.91 Å². The van der Waals surface area contributed by atoms with Gasteiger partial charge in [0.1, 0.15) is 0 Å². The highest BCUT2D eigenvalue weighted by Gasteiger charge is 2.27. The van der Waals surface area contributed by atoms with E-state index in [4.69, 9.17) is 5.73 Å². The van der Waals surface area contributed by atoms with Gasteiger partial charge in [0.25, 0.3) is 5.91 Å². The molecule has 0 aromatic heterocycles. The van der Waals surface area contributed by atoms with Crippen LogP contribution in [-0.4, -0.2) is 23.4 Å². The highest BCUT2D eigenvalue weighted by Crippen LogP contribution is 2.20. The Hall–Kier alpha value is -1.61. The minimum absolute atomic E-state index is 0.0917. The second-order valence-corrected chi connectivity index (χ2v) is 5.02. The maximum atomic E-state index is 12.5. The third kappa shape index (κ3) is 2.46. The SMILES string of the molecule is CC(C)[C@H]1C=CCN1C(=O)c1cccc(CN)c1. The molecule has 0 aliphatic carbocycles. The maximum Gasteiger partial charge on any atom is 0.254 e. The van der Waals surface area contributed by atoms with Gasteiger partial charge in [0, 0.05) is 18.7 Å². The molecule has 1 aromatic rings. The van der Waals surface area contributed by atoms with E-state index in [0.717, 1.165) is 11.1 Å². The number of carbonyl (C=O) groups is 1. The van der Waals surface area contributed by atoms with Gasteiger partial charge in [-0.15, -0.1) is 0 Å². The first-order valence-corrected chi connectivity index (χ1v) is 6.40. The highest BCUT2D eigenvalue weighted by molar-refractivity contribution is 5.95. The molecule has 96 valence electrons. The molecule has 1 aromatic carbocycles. The lowest BCUT2D eigenvalue weighted by Gasteiger charge is -2.27. The van der Waals surface area contributed by atoms with Crippen molar-refractivity contribution < 1.29 is 4.79 Å². The molecular weight excluding hydrogens is 224 g/mol. The van der Waals surface area contributed by atoms with Crippen LogP contribution < -0.4 is 5.73 Å². The zero-order valence-corrected chi connectivity index (χ0v) is 11.0. The van der Waals surface area contributed by atoms with E-state index in [9.17, 15) is 4.79 Å². The van der Waals surface area contributed by atoms with Gasteiger partial charge in [-0.2, -0.15) is 0 Å². The minimum Gasteiger partial charge on any atom is -0.328 e. The highest BCUT2D eigenvalue weighted by atomic mass is 16.2. The van der Waals surface area contributed by atoms with E-state index in [0.29, 0.717) is 19.0 Å². The number of hydrogen-bond donors (Lipinski definition) is 1. The van der Waals surface area contributed by atoms with Crippen LogP contribution in [0.3, 0.4) is 0 Å². The smallest absolute Gasteiger partial charge is 0.254 e. The van der Waals surface area contributed by atoms with Crippen molar-refractivity contribution in [3.05, 3.63) is 47.5 Å². The van der Waals surface area contributed by atoms with E-state index >= 15 is 0 Å². The van der Waals surface area contributed by atoms with Crippen molar-refractivity contribution in [1.82, 2.24) is 4.90 Å². The lowest BCUT2D eigenvalue weighted by Crippen LogP contribution is -2.39. The van der Waals surface area contributed by atoms with E-state index in [2.05, 4.69) is 26.0 Å². The predicted molar refractivity (Wildman–Crippen MR) is 73.1 cm³/mol. The van der Waals surface area contributed by atoms with Gasteiger partial charge in [-0.3, -0.25) is 4.79 Å². The summed E-state index contributed by atoms with van der Waals surface area (Å²) >= 11 is 0. The van der Waals surface area contributed by atoms with Gasteiger partial charge >= 0.3 is 0 Å². The van der Waals surface area contributed by atoms with E-state index in [-0.39, 0.29) is 11.9 Å². The molecule has 1 heterocycles. The zero-order valence-electron chi connectivity index (χ0n) is 11.0. The first kappa shape index (κ1) is 12.8. The van der Waals surface area contributed by atoms with Crippen LogP contribution >= 0.6 is 0 Å². The quantitative estimate of drug-likeness (QED) is 0.828.